The van der Waals surface area contributed by atoms with Crippen LogP contribution in [0.4, 0.5) is 0 Å². The normalized spacial score (nSPS) is 16.8. The summed E-state index contributed by atoms with van der Waals surface area (Å²) in [4.78, 5) is 0. The lowest BCUT2D eigenvalue weighted by atomic mass is 10.2. The summed E-state index contributed by atoms with van der Waals surface area (Å²) >= 11 is 1.91. The van der Waals surface area contributed by atoms with E-state index in [0.717, 1.165) is 11.8 Å². The zero-order valence-electron chi connectivity index (χ0n) is 7.48. The van der Waals surface area contributed by atoms with E-state index < -0.39 is 0 Å². The highest BCUT2D eigenvalue weighted by atomic mass is 32.2. The standard InChI is InChI=1S/C8H19NS/c1-5-7(2)9-6-8(3)10-4/h7-9H,5-6H2,1-4H3. The van der Waals surface area contributed by atoms with E-state index in [1.807, 2.05) is 11.8 Å². The first kappa shape index (κ1) is 10.3. The second-order valence-corrected chi connectivity index (χ2v) is 4.04. The number of thioether (sulfide) groups is 1. The summed E-state index contributed by atoms with van der Waals surface area (Å²) in [5.74, 6) is 0. The van der Waals surface area contributed by atoms with E-state index in [1.54, 1.807) is 0 Å². The summed E-state index contributed by atoms with van der Waals surface area (Å²) in [5.41, 5.74) is 0. The third-order valence-corrected chi connectivity index (χ3v) is 2.74. The maximum absolute atomic E-state index is 3.46. The number of hydrogen-bond acceptors (Lipinski definition) is 2. The first-order valence-electron chi connectivity index (χ1n) is 3.96. The summed E-state index contributed by atoms with van der Waals surface area (Å²) in [6.07, 6.45) is 3.38. The number of rotatable bonds is 5. The molecule has 0 fully saturated rings. The third kappa shape index (κ3) is 5.12. The van der Waals surface area contributed by atoms with Gasteiger partial charge in [-0.3, -0.25) is 0 Å². The largest absolute Gasteiger partial charge is 0.313 e. The quantitative estimate of drug-likeness (QED) is 0.663. The SMILES string of the molecule is CCC(C)NCC(C)SC. The average Bonchev–Trinajstić information content (AvgIpc) is 1.99. The monoisotopic (exact) mass is 161 g/mol. The molecule has 0 spiro atoms. The van der Waals surface area contributed by atoms with Crippen molar-refractivity contribution in [3.63, 3.8) is 0 Å². The minimum Gasteiger partial charge on any atom is -0.313 e. The molecule has 0 aliphatic carbocycles. The summed E-state index contributed by atoms with van der Waals surface area (Å²) in [6, 6.07) is 0.676. The summed E-state index contributed by atoms with van der Waals surface area (Å²) in [5, 5.41) is 4.21. The van der Waals surface area contributed by atoms with Crippen molar-refractivity contribution in [1.82, 2.24) is 5.32 Å². The lowest BCUT2D eigenvalue weighted by Gasteiger charge is -2.14. The maximum Gasteiger partial charge on any atom is 0.0141 e. The fourth-order valence-electron chi connectivity index (χ4n) is 0.595. The molecule has 0 heterocycles. The van der Waals surface area contributed by atoms with Crippen molar-refractivity contribution >= 4 is 11.8 Å². The molecule has 0 bridgehead atoms. The van der Waals surface area contributed by atoms with Crippen molar-refractivity contribution in [2.24, 2.45) is 0 Å². The van der Waals surface area contributed by atoms with Crippen LogP contribution in [0.1, 0.15) is 27.2 Å². The first-order valence-corrected chi connectivity index (χ1v) is 5.25. The van der Waals surface area contributed by atoms with Gasteiger partial charge in [0, 0.05) is 17.8 Å². The molecule has 2 heteroatoms. The van der Waals surface area contributed by atoms with Crippen molar-refractivity contribution in [1.29, 1.82) is 0 Å². The van der Waals surface area contributed by atoms with Gasteiger partial charge in [-0.1, -0.05) is 13.8 Å². The third-order valence-electron chi connectivity index (χ3n) is 1.77. The summed E-state index contributed by atoms with van der Waals surface area (Å²) in [6.45, 7) is 7.82. The molecule has 0 saturated carbocycles. The highest BCUT2D eigenvalue weighted by Crippen LogP contribution is 2.03. The van der Waals surface area contributed by atoms with Gasteiger partial charge < -0.3 is 5.32 Å². The van der Waals surface area contributed by atoms with Crippen LogP contribution in [-0.4, -0.2) is 24.1 Å². The smallest absolute Gasteiger partial charge is 0.0141 e. The summed E-state index contributed by atoms with van der Waals surface area (Å²) in [7, 11) is 0. The zero-order valence-corrected chi connectivity index (χ0v) is 8.29. The Bertz CT molecular complexity index is 65.7. The van der Waals surface area contributed by atoms with Gasteiger partial charge in [0.2, 0.25) is 0 Å². The Balaban J connectivity index is 3.17. The lowest BCUT2D eigenvalue weighted by molar-refractivity contribution is 0.537. The molecule has 62 valence electrons. The van der Waals surface area contributed by atoms with Gasteiger partial charge in [0.25, 0.3) is 0 Å². The van der Waals surface area contributed by atoms with Gasteiger partial charge in [-0.25, -0.2) is 0 Å². The summed E-state index contributed by atoms with van der Waals surface area (Å²) < 4.78 is 0. The van der Waals surface area contributed by atoms with Gasteiger partial charge in [0.1, 0.15) is 0 Å². The molecular formula is C8H19NS. The second-order valence-electron chi connectivity index (χ2n) is 2.76. The van der Waals surface area contributed by atoms with Crippen LogP contribution in [0.2, 0.25) is 0 Å². The Morgan fingerprint density at radius 1 is 1.40 bits per heavy atom. The predicted molar refractivity (Wildman–Crippen MR) is 50.7 cm³/mol. The lowest BCUT2D eigenvalue weighted by Crippen LogP contribution is -2.30. The minimum atomic E-state index is 0.676. The average molecular weight is 161 g/mol. The Labute approximate surface area is 69.0 Å². The van der Waals surface area contributed by atoms with Crippen LogP contribution in [0.3, 0.4) is 0 Å². The van der Waals surface area contributed by atoms with Crippen LogP contribution in [0.15, 0.2) is 0 Å². The van der Waals surface area contributed by atoms with E-state index >= 15 is 0 Å². The highest BCUT2D eigenvalue weighted by molar-refractivity contribution is 7.99. The molecule has 0 aromatic rings. The molecule has 2 unspecified atom stereocenters. The fraction of sp³-hybridized carbons (Fsp3) is 1.00. The molecular weight excluding hydrogens is 142 g/mol. The van der Waals surface area contributed by atoms with Gasteiger partial charge in [-0.15, -0.1) is 0 Å². The van der Waals surface area contributed by atoms with Crippen LogP contribution in [-0.2, 0) is 0 Å². The van der Waals surface area contributed by atoms with Gasteiger partial charge in [-0.05, 0) is 19.6 Å². The van der Waals surface area contributed by atoms with E-state index in [-0.39, 0.29) is 0 Å². The van der Waals surface area contributed by atoms with Gasteiger partial charge in [-0.2, -0.15) is 11.8 Å². The maximum atomic E-state index is 3.46. The van der Waals surface area contributed by atoms with Crippen molar-refractivity contribution in [3.05, 3.63) is 0 Å². The molecule has 2 atom stereocenters. The van der Waals surface area contributed by atoms with Crippen molar-refractivity contribution < 1.29 is 0 Å². The van der Waals surface area contributed by atoms with Crippen LogP contribution < -0.4 is 5.32 Å². The Morgan fingerprint density at radius 3 is 2.40 bits per heavy atom. The first-order chi connectivity index (χ1) is 4.70. The van der Waals surface area contributed by atoms with Crippen LogP contribution >= 0.6 is 11.8 Å². The second kappa shape index (κ2) is 6.05. The molecule has 0 aromatic carbocycles. The number of hydrogen-bond donors (Lipinski definition) is 1. The molecule has 0 radical (unpaired) electrons. The Hall–Kier alpha value is 0.310. The highest BCUT2D eigenvalue weighted by Gasteiger charge is 2.00. The van der Waals surface area contributed by atoms with E-state index in [1.165, 1.54) is 6.42 Å². The van der Waals surface area contributed by atoms with E-state index in [9.17, 15) is 0 Å². The Kier molecular flexibility index (Phi) is 6.24. The molecule has 1 nitrogen and oxygen atoms in total. The van der Waals surface area contributed by atoms with Gasteiger partial charge in [0.05, 0.1) is 0 Å². The molecule has 0 amide bonds. The zero-order chi connectivity index (χ0) is 7.98. The molecule has 1 N–H and O–H groups in total. The fourth-order valence-corrected chi connectivity index (χ4v) is 0.858. The van der Waals surface area contributed by atoms with E-state index in [4.69, 9.17) is 0 Å². The van der Waals surface area contributed by atoms with Crippen LogP contribution in [0.5, 0.6) is 0 Å². The van der Waals surface area contributed by atoms with Crippen molar-refractivity contribution in [2.45, 2.75) is 38.5 Å². The van der Waals surface area contributed by atoms with Crippen molar-refractivity contribution in [2.75, 3.05) is 12.8 Å². The molecule has 0 rings (SSSR count). The molecule has 0 aromatic heterocycles. The van der Waals surface area contributed by atoms with Crippen molar-refractivity contribution in [3.8, 4) is 0 Å². The molecule has 0 saturated heterocycles. The molecule has 10 heavy (non-hydrogen) atoms. The van der Waals surface area contributed by atoms with Gasteiger partial charge >= 0.3 is 0 Å². The van der Waals surface area contributed by atoms with Crippen LogP contribution in [0, 0.1) is 0 Å². The Morgan fingerprint density at radius 2 is 2.00 bits per heavy atom. The number of nitrogens with one attached hydrogen (secondary N) is 1. The van der Waals surface area contributed by atoms with Gasteiger partial charge in [0.15, 0.2) is 0 Å². The van der Waals surface area contributed by atoms with Crippen LogP contribution in [0.25, 0.3) is 0 Å². The predicted octanol–water partition coefficient (Wildman–Crippen LogP) is 2.13. The molecule has 0 aliphatic rings. The topological polar surface area (TPSA) is 12.0 Å². The van der Waals surface area contributed by atoms with E-state index in [2.05, 4.69) is 32.3 Å². The van der Waals surface area contributed by atoms with E-state index in [0.29, 0.717) is 6.04 Å². The molecule has 0 aliphatic heterocycles. The minimum absolute atomic E-state index is 0.676.